The Kier molecular flexibility index (Phi) is 3.77. The Hall–Kier alpha value is -1.73. The molecule has 0 bridgehead atoms. The summed E-state index contributed by atoms with van der Waals surface area (Å²) in [5.41, 5.74) is 0.992. The predicted molar refractivity (Wildman–Crippen MR) is 53.5 cm³/mol. The smallest absolute Gasteiger partial charge is 0.160 e. The van der Waals surface area contributed by atoms with Crippen LogP contribution in [0.1, 0.15) is 5.56 Å². The summed E-state index contributed by atoms with van der Waals surface area (Å²) in [6.45, 7) is 0. The van der Waals surface area contributed by atoms with Crippen LogP contribution in [0.25, 0.3) is 0 Å². The molecule has 0 saturated carbocycles. The number of allylic oxidation sites excluding steroid dienone is 1. The Morgan fingerprint density at radius 2 is 2.00 bits per heavy atom. The highest BCUT2D eigenvalue weighted by atomic mass is 16.5. The first-order valence-electron chi connectivity index (χ1n) is 4.22. The average molecular weight is 192 g/mol. The van der Waals surface area contributed by atoms with E-state index in [-0.39, 0.29) is 0 Å². The largest absolute Gasteiger partial charge is 0.493 e. The summed E-state index contributed by atoms with van der Waals surface area (Å²) in [5.74, 6) is 3.09. The fraction of sp³-hybridized carbons (Fsp3) is 0.273. The quantitative estimate of drug-likeness (QED) is 0.680. The highest BCUT2D eigenvalue weighted by Gasteiger charge is 2.02. The van der Waals surface area contributed by atoms with Crippen molar-refractivity contribution < 1.29 is 14.3 Å². The number of rotatable bonds is 4. The maximum absolute atomic E-state index is 10.0. The summed E-state index contributed by atoms with van der Waals surface area (Å²) in [6, 6.07) is 5.54. The van der Waals surface area contributed by atoms with Gasteiger partial charge in [-0.25, -0.2) is 4.79 Å². The summed E-state index contributed by atoms with van der Waals surface area (Å²) in [5, 5.41) is 0. The van der Waals surface area contributed by atoms with E-state index in [1.54, 1.807) is 20.2 Å². The maximum atomic E-state index is 10.0. The van der Waals surface area contributed by atoms with Gasteiger partial charge in [0.2, 0.25) is 0 Å². The zero-order valence-electron chi connectivity index (χ0n) is 8.24. The molecular weight excluding hydrogens is 180 g/mol. The van der Waals surface area contributed by atoms with Crippen LogP contribution in [0.5, 0.6) is 11.5 Å². The molecule has 74 valence electrons. The highest BCUT2D eigenvalue weighted by molar-refractivity contribution is 5.48. The number of ether oxygens (including phenoxy) is 2. The van der Waals surface area contributed by atoms with Crippen LogP contribution in [0.4, 0.5) is 0 Å². The van der Waals surface area contributed by atoms with E-state index in [4.69, 9.17) is 9.47 Å². The molecule has 1 aromatic carbocycles. The van der Waals surface area contributed by atoms with Gasteiger partial charge >= 0.3 is 0 Å². The molecule has 0 unspecified atom stereocenters. The normalized spacial score (nSPS) is 9.00. The van der Waals surface area contributed by atoms with Crippen LogP contribution in [0.2, 0.25) is 0 Å². The molecule has 0 saturated heterocycles. The highest BCUT2D eigenvalue weighted by Crippen LogP contribution is 2.27. The van der Waals surface area contributed by atoms with Crippen molar-refractivity contribution in [1.29, 1.82) is 0 Å². The van der Waals surface area contributed by atoms with Gasteiger partial charge in [-0.1, -0.05) is 6.07 Å². The van der Waals surface area contributed by atoms with Crippen molar-refractivity contribution in [3.63, 3.8) is 0 Å². The molecule has 0 spiro atoms. The van der Waals surface area contributed by atoms with Gasteiger partial charge in [-0.15, -0.1) is 0 Å². The van der Waals surface area contributed by atoms with Crippen molar-refractivity contribution in [2.45, 2.75) is 6.42 Å². The summed E-state index contributed by atoms with van der Waals surface area (Å²) < 4.78 is 10.2. The monoisotopic (exact) mass is 192 g/mol. The predicted octanol–water partition coefficient (Wildman–Crippen LogP) is 1.63. The Balaban J connectivity index is 2.94. The van der Waals surface area contributed by atoms with Gasteiger partial charge in [-0.2, -0.15) is 0 Å². The van der Waals surface area contributed by atoms with E-state index in [0.29, 0.717) is 17.9 Å². The van der Waals surface area contributed by atoms with E-state index in [1.165, 1.54) is 6.08 Å². The lowest BCUT2D eigenvalue weighted by molar-refractivity contribution is 0.354. The third kappa shape index (κ3) is 2.38. The van der Waals surface area contributed by atoms with Crippen molar-refractivity contribution in [3.8, 4) is 11.5 Å². The molecule has 14 heavy (non-hydrogen) atoms. The second-order valence-corrected chi connectivity index (χ2v) is 2.72. The lowest BCUT2D eigenvalue weighted by atomic mass is 10.1. The average Bonchev–Trinajstić information content (AvgIpc) is 2.25. The minimum atomic E-state index is 0.559. The molecular formula is C11H12O3. The first-order valence-corrected chi connectivity index (χ1v) is 4.22. The molecule has 0 atom stereocenters. The van der Waals surface area contributed by atoms with Crippen molar-refractivity contribution in [2.75, 3.05) is 14.2 Å². The Morgan fingerprint density at radius 3 is 2.57 bits per heavy atom. The standard InChI is InChI=1S/C11H12O3/c1-13-10-6-5-9(4-3-7-12)8-11(10)14-2/h3,5-6,8H,4H2,1-2H3. The molecule has 0 aliphatic rings. The van der Waals surface area contributed by atoms with Crippen molar-refractivity contribution in [1.82, 2.24) is 0 Å². The third-order valence-corrected chi connectivity index (χ3v) is 1.87. The van der Waals surface area contributed by atoms with Crippen LogP contribution in [0.15, 0.2) is 24.3 Å². The maximum Gasteiger partial charge on any atom is 0.160 e. The zero-order valence-corrected chi connectivity index (χ0v) is 8.24. The van der Waals surface area contributed by atoms with Gasteiger partial charge in [0, 0.05) is 12.5 Å². The van der Waals surface area contributed by atoms with E-state index in [0.717, 1.165) is 5.56 Å². The molecule has 0 fully saturated rings. The van der Waals surface area contributed by atoms with Crippen molar-refractivity contribution in [2.24, 2.45) is 0 Å². The third-order valence-electron chi connectivity index (χ3n) is 1.87. The van der Waals surface area contributed by atoms with Gasteiger partial charge in [-0.3, -0.25) is 0 Å². The summed E-state index contributed by atoms with van der Waals surface area (Å²) in [7, 11) is 3.17. The van der Waals surface area contributed by atoms with Crippen LogP contribution in [-0.4, -0.2) is 20.2 Å². The van der Waals surface area contributed by atoms with Crippen molar-refractivity contribution >= 4 is 5.94 Å². The number of benzene rings is 1. The van der Waals surface area contributed by atoms with Gasteiger partial charge in [-0.05, 0) is 17.7 Å². The number of carbonyl (C=O) groups excluding carboxylic acids is 1. The Bertz CT molecular complexity index is 352. The molecule has 0 aliphatic carbocycles. The van der Waals surface area contributed by atoms with Crippen LogP contribution in [0.3, 0.4) is 0 Å². The minimum Gasteiger partial charge on any atom is -0.493 e. The van der Waals surface area contributed by atoms with E-state index in [2.05, 4.69) is 0 Å². The second kappa shape index (κ2) is 5.10. The summed E-state index contributed by atoms with van der Waals surface area (Å²) in [6.07, 6.45) is 1.99. The first kappa shape index (κ1) is 10.4. The van der Waals surface area contributed by atoms with Crippen LogP contribution >= 0.6 is 0 Å². The fourth-order valence-electron chi connectivity index (χ4n) is 1.17. The summed E-state index contributed by atoms with van der Waals surface area (Å²) in [4.78, 5) is 10.0. The zero-order chi connectivity index (χ0) is 10.4. The fourth-order valence-corrected chi connectivity index (χ4v) is 1.17. The molecule has 1 aromatic rings. The van der Waals surface area contributed by atoms with Gasteiger partial charge in [0.1, 0.15) is 5.94 Å². The lowest BCUT2D eigenvalue weighted by Crippen LogP contribution is -1.91. The molecule has 0 aromatic heterocycles. The van der Waals surface area contributed by atoms with Crippen LogP contribution < -0.4 is 9.47 Å². The van der Waals surface area contributed by atoms with Crippen molar-refractivity contribution in [3.05, 3.63) is 29.8 Å². The van der Waals surface area contributed by atoms with Gasteiger partial charge in [0.15, 0.2) is 11.5 Å². The molecule has 1 rings (SSSR count). The number of methoxy groups -OCH3 is 2. The molecule has 0 amide bonds. The second-order valence-electron chi connectivity index (χ2n) is 2.72. The first-order chi connectivity index (χ1) is 6.81. The number of hydrogen-bond acceptors (Lipinski definition) is 3. The van der Waals surface area contributed by atoms with E-state index < -0.39 is 0 Å². The molecule has 0 radical (unpaired) electrons. The molecule has 0 heterocycles. The van der Waals surface area contributed by atoms with E-state index in [1.807, 2.05) is 18.2 Å². The molecule has 0 N–H and O–H groups in total. The van der Waals surface area contributed by atoms with Gasteiger partial charge in [0.05, 0.1) is 14.2 Å². The molecule has 0 aliphatic heterocycles. The van der Waals surface area contributed by atoms with Crippen LogP contribution in [0, 0.1) is 0 Å². The van der Waals surface area contributed by atoms with E-state index in [9.17, 15) is 4.79 Å². The SMILES string of the molecule is COc1ccc(CC=C=O)cc1OC. The molecule has 3 nitrogen and oxygen atoms in total. The van der Waals surface area contributed by atoms with E-state index >= 15 is 0 Å². The topological polar surface area (TPSA) is 35.5 Å². The Labute approximate surface area is 83.0 Å². The lowest BCUT2D eigenvalue weighted by Gasteiger charge is -2.07. The Morgan fingerprint density at radius 1 is 1.29 bits per heavy atom. The minimum absolute atomic E-state index is 0.559. The summed E-state index contributed by atoms with van der Waals surface area (Å²) >= 11 is 0. The van der Waals surface area contributed by atoms with Gasteiger partial charge in [0.25, 0.3) is 0 Å². The van der Waals surface area contributed by atoms with Gasteiger partial charge < -0.3 is 9.47 Å². The van der Waals surface area contributed by atoms with Crippen LogP contribution in [-0.2, 0) is 11.2 Å². The number of hydrogen-bond donors (Lipinski definition) is 0. The molecule has 3 heteroatoms.